The van der Waals surface area contributed by atoms with Crippen LogP contribution in [0.15, 0.2) is 28.8 Å². The van der Waals surface area contributed by atoms with E-state index in [1.165, 1.54) is 5.56 Å². The fraction of sp³-hybridized carbons (Fsp3) is 0.333. The third kappa shape index (κ3) is 3.28. The van der Waals surface area contributed by atoms with Crippen LogP contribution in [0.5, 0.6) is 0 Å². The molecule has 0 spiro atoms. The summed E-state index contributed by atoms with van der Waals surface area (Å²) in [6.45, 7) is 4.44. The van der Waals surface area contributed by atoms with Crippen LogP contribution in [0.3, 0.4) is 0 Å². The monoisotopic (exact) mass is 251 g/mol. The maximum absolute atomic E-state index is 5.84. The van der Waals surface area contributed by atoms with Crippen molar-refractivity contribution in [2.24, 2.45) is 0 Å². The summed E-state index contributed by atoms with van der Waals surface area (Å²) >= 11 is 5.84. The van der Waals surface area contributed by atoms with Gasteiger partial charge >= 0.3 is 0 Å². The molecule has 0 unspecified atom stereocenters. The summed E-state index contributed by atoms with van der Waals surface area (Å²) in [7, 11) is 0. The molecule has 0 aliphatic carbocycles. The molecule has 0 aliphatic rings. The van der Waals surface area contributed by atoms with E-state index >= 15 is 0 Å². The molecule has 2 aromatic rings. The quantitative estimate of drug-likeness (QED) is 0.908. The third-order valence-corrected chi connectivity index (χ3v) is 2.76. The zero-order valence-electron chi connectivity index (χ0n) is 9.77. The van der Waals surface area contributed by atoms with Crippen LogP contribution >= 0.6 is 11.6 Å². The molecule has 1 heterocycles. The summed E-state index contributed by atoms with van der Waals surface area (Å²) in [5.41, 5.74) is 1.18. The van der Waals surface area contributed by atoms with Gasteiger partial charge in [-0.3, -0.25) is 0 Å². The first-order valence-corrected chi connectivity index (χ1v) is 5.81. The Hall–Kier alpha value is -1.39. The lowest BCUT2D eigenvalue weighted by atomic mass is 10.1. The van der Waals surface area contributed by atoms with E-state index in [1.54, 1.807) is 6.92 Å². The number of rotatable bonds is 4. The van der Waals surface area contributed by atoms with Crippen molar-refractivity contribution in [1.82, 2.24) is 15.5 Å². The molecule has 0 fully saturated rings. The van der Waals surface area contributed by atoms with Crippen LogP contribution in [0.1, 0.15) is 30.2 Å². The number of halogens is 1. The summed E-state index contributed by atoms with van der Waals surface area (Å²) in [6, 6.07) is 7.98. The predicted molar refractivity (Wildman–Crippen MR) is 65.7 cm³/mol. The molecule has 0 amide bonds. The molecule has 0 radical (unpaired) electrons. The number of nitrogens with zero attached hydrogens (tertiary/aromatic N) is 2. The van der Waals surface area contributed by atoms with Crippen molar-refractivity contribution in [2.45, 2.75) is 26.4 Å². The highest BCUT2D eigenvalue weighted by atomic mass is 35.5. The van der Waals surface area contributed by atoms with Crippen LogP contribution in [-0.2, 0) is 6.54 Å². The fourth-order valence-electron chi connectivity index (χ4n) is 1.53. The van der Waals surface area contributed by atoms with Gasteiger partial charge in [0.05, 0.1) is 6.54 Å². The molecule has 4 nitrogen and oxygen atoms in total. The lowest BCUT2D eigenvalue weighted by molar-refractivity contribution is 0.384. The molecule has 0 bridgehead atoms. The van der Waals surface area contributed by atoms with Gasteiger partial charge < -0.3 is 9.84 Å². The van der Waals surface area contributed by atoms with Crippen molar-refractivity contribution in [3.63, 3.8) is 0 Å². The second-order valence-corrected chi connectivity index (χ2v) is 4.32. The van der Waals surface area contributed by atoms with Crippen LogP contribution in [0, 0.1) is 6.92 Å². The standard InChI is InChI=1S/C12H14ClN3O/c1-8(10-3-5-11(13)6-4-10)14-7-12-15-9(2)17-16-12/h3-6,8,14H,7H2,1-2H3/t8-/m1/s1. The second kappa shape index (κ2) is 5.29. The van der Waals surface area contributed by atoms with Crippen molar-refractivity contribution < 1.29 is 4.52 Å². The van der Waals surface area contributed by atoms with Crippen molar-refractivity contribution in [3.8, 4) is 0 Å². The smallest absolute Gasteiger partial charge is 0.223 e. The second-order valence-electron chi connectivity index (χ2n) is 3.88. The first kappa shape index (κ1) is 12.1. The summed E-state index contributed by atoms with van der Waals surface area (Å²) in [5, 5.41) is 7.89. The zero-order valence-corrected chi connectivity index (χ0v) is 10.5. The normalized spacial score (nSPS) is 12.6. The van der Waals surface area contributed by atoms with E-state index in [1.807, 2.05) is 24.3 Å². The molecule has 1 aromatic carbocycles. The Balaban J connectivity index is 1.93. The van der Waals surface area contributed by atoms with Gasteiger partial charge in [-0.05, 0) is 24.6 Å². The summed E-state index contributed by atoms with van der Waals surface area (Å²) < 4.78 is 4.90. The van der Waals surface area contributed by atoms with E-state index in [4.69, 9.17) is 16.1 Å². The number of aromatic nitrogens is 2. The van der Waals surface area contributed by atoms with Crippen molar-refractivity contribution in [2.75, 3.05) is 0 Å². The van der Waals surface area contributed by atoms with E-state index in [9.17, 15) is 0 Å². The topological polar surface area (TPSA) is 51.0 Å². The Morgan fingerprint density at radius 3 is 2.65 bits per heavy atom. The van der Waals surface area contributed by atoms with Gasteiger partial charge in [0.1, 0.15) is 0 Å². The zero-order chi connectivity index (χ0) is 12.3. The van der Waals surface area contributed by atoms with E-state index < -0.39 is 0 Å². The van der Waals surface area contributed by atoms with E-state index in [0.29, 0.717) is 18.3 Å². The van der Waals surface area contributed by atoms with Crippen molar-refractivity contribution in [3.05, 3.63) is 46.6 Å². The molecular formula is C12H14ClN3O. The van der Waals surface area contributed by atoms with Gasteiger partial charge in [-0.1, -0.05) is 28.9 Å². The molecular weight excluding hydrogens is 238 g/mol. The Labute approximate surface area is 105 Å². The van der Waals surface area contributed by atoms with Gasteiger partial charge in [0.25, 0.3) is 0 Å². The number of benzene rings is 1. The number of hydrogen-bond acceptors (Lipinski definition) is 4. The molecule has 5 heteroatoms. The maximum Gasteiger partial charge on any atom is 0.223 e. The third-order valence-electron chi connectivity index (χ3n) is 2.51. The van der Waals surface area contributed by atoms with Crippen LogP contribution in [0.2, 0.25) is 5.02 Å². The minimum Gasteiger partial charge on any atom is -0.340 e. The van der Waals surface area contributed by atoms with Crippen LogP contribution < -0.4 is 5.32 Å². The van der Waals surface area contributed by atoms with Crippen molar-refractivity contribution in [1.29, 1.82) is 0 Å². The highest BCUT2D eigenvalue weighted by Crippen LogP contribution is 2.16. The van der Waals surface area contributed by atoms with E-state index in [0.717, 1.165) is 5.02 Å². The largest absolute Gasteiger partial charge is 0.340 e. The van der Waals surface area contributed by atoms with Crippen LogP contribution in [0.4, 0.5) is 0 Å². The molecule has 1 N–H and O–H groups in total. The first-order valence-electron chi connectivity index (χ1n) is 5.43. The first-order chi connectivity index (χ1) is 8.15. The average molecular weight is 252 g/mol. The molecule has 1 atom stereocenters. The lowest BCUT2D eigenvalue weighted by Crippen LogP contribution is -2.18. The summed E-state index contributed by atoms with van der Waals surface area (Å²) in [5.74, 6) is 1.25. The van der Waals surface area contributed by atoms with Gasteiger partial charge in [-0.15, -0.1) is 0 Å². The SMILES string of the molecule is Cc1nc(CN[C@H](C)c2ccc(Cl)cc2)no1. The molecule has 2 rings (SSSR count). The molecule has 17 heavy (non-hydrogen) atoms. The molecule has 1 aromatic heterocycles. The summed E-state index contributed by atoms with van der Waals surface area (Å²) in [6.07, 6.45) is 0. The number of aryl methyl sites for hydroxylation is 1. The molecule has 0 saturated carbocycles. The van der Waals surface area contributed by atoms with Gasteiger partial charge in [0, 0.05) is 18.0 Å². The highest BCUT2D eigenvalue weighted by molar-refractivity contribution is 6.30. The molecule has 0 saturated heterocycles. The Kier molecular flexibility index (Phi) is 3.76. The highest BCUT2D eigenvalue weighted by Gasteiger charge is 2.07. The summed E-state index contributed by atoms with van der Waals surface area (Å²) in [4.78, 5) is 4.13. The molecule has 0 aliphatic heterocycles. The average Bonchev–Trinajstić information content (AvgIpc) is 2.73. The Morgan fingerprint density at radius 2 is 2.06 bits per heavy atom. The van der Waals surface area contributed by atoms with Gasteiger partial charge in [-0.2, -0.15) is 4.98 Å². The van der Waals surface area contributed by atoms with E-state index in [2.05, 4.69) is 22.4 Å². The molecule has 90 valence electrons. The number of hydrogen-bond donors (Lipinski definition) is 1. The van der Waals surface area contributed by atoms with E-state index in [-0.39, 0.29) is 6.04 Å². The predicted octanol–water partition coefficient (Wildman–Crippen LogP) is 2.88. The van der Waals surface area contributed by atoms with Gasteiger partial charge in [0.2, 0.25) is 5.89 Å². The van der Waals surface area contributed by atoms with Crippen LogP contribution in [0.25, 0.3) is 0 Å². The maximum atomic E-state index is 5.84. The van der Waals surface area contributed by atoms with Crippen LogP contribution in [-0.4, -0.2) is 10.1 Å². The van der Waals surface area contributed by atoms with Gasteiger partial charge in [0.15, 0.2) is 5.82 Å². The Morgan fingerprint density at radius 1 is 1.35 bits per heavy atom. The van der Waals surface area contributed by atoms with Crippen molar-refractivity contribution >= 4 is 11.6 Å². The fourth-order valence-corrected chi connectivity index (χ4v) is 1.65. The minimum absolute atomic E-state index is 0.214. The number of nitrogens with one attached hydrogen (secondary N) is 1. The lowest BCUT2D eigenvalue weighted by Gasteiger charge is -2.12. The Bertz CT molecular complexity index is 481. The van der Waals surface area contributed by atoms with Gasteiger partial charge in [-0.25, -0.2) is 0 Å². The minimum atomic E-state index is 0.214.